The number of hydrogen-bond acceptors (Lipinski definition) is 4. The van der Waals surface area contributed by atoms with Crippen LogP contribution in [-0.4, -0.2) is 30.2 Å². The van der Waals surface area contributed by atoms with Crippen molar-refractivity contribution < 1.29 is 4.74 Å². The van der Waals surface area contributed by atoms with Crippen LogP contribution in [0.2, 0.25) is 5.02 Å². The smallest absolute Gasteiger partial charge is 0.137 e. The van der Waals surface area contributed by atoms with Crippen LogP contribution in [0, 0.1) is 0 Å². The van der Waals surface area contributed by atoms with Crippen LogP contribution in [0.3, 0.4) is 0 Å². The highest BCUT2D eigenvalue weighted by molar-refractivity contribution is 6.31. The fourth-order valence-corrected chi connectivity index (χ4v) is 1.88. The normalized spacial score (nSPS) is 10.8. The van der Waals surface area contributed by atoms with Crippen molar-refractivity contribution in [3.05, 3.63) is 29.0 Å². The fourth-order valence-electron chi connectivity index (χ4n) is 1.72. The van der Waals surface area contributed by atoms with Gasteiger partial charge in [0.25, 0.3) is 0 Å². The summed E-state index contributed by atoms with van der Waals surface area (Å²) in [7, 11) is 1.68. The lowest BCUT2D eigenvalue weighted by Gasteiger charge is -2.10. The number of aromatic nitrogens is 2. The van der Waals surface area contributed by atoms with E-state index in [-0.39, 0.29) is 0 Å². The molecule has 0 aliphatic carbocycles. The number of nitrogens with one attached hydrogen (secondary N) is 1. The van der Waals surface area contributed by atoms with Gasteiger partial charge < -0.3 is 10.1 Å². The summed E-state index contributed by atoms with van der Waals surface area (Å²) >= 11 is 5.99. The zero-order valence-corrected chi connectivity index (χ0v) is 11.3. The van der Waals surface area contributed by atoms with Crippen LogP contribution in [0.15, 0.2) is 18.2 Å². The second-order valence-electron chi connectivity index (χ2n) is 3.92. The maximum atomic E-state index is 5.99. The maximum absolute atomic E-state index is 5.99. The first-order valence-corrected chi connectivity index (χ1v) is 6.31. The first-order valence-electron chi connectivity index (χ1n) is 5.93. The van der Waals surface area contributed by atoms with Gasteiger partial charge in [0, 0.05) is 30.5 Å². The molecule has 2 rings (SSSR count). The molecule has 1 aromatic heterocycles. The van der Waals surface area contributed by atoms with E-state index in [0.717, 1.165) is 29.0 Å². The molecule has 0 atom stereocenters. The van der Waals surface area contributed by atoms with Crippen molar-refractivity contribution in [2.75, 3.05) is 25.6 Å². The highest BCUT2D eigenvalue weighted by Gasteiger charge is 2.07. The summed E-state index contributed by atoms with van der Waals surface area (Å²) in [6, 6.07) is 5.64. The minimum atomic E-state index is 0.639. The number of anilines is 1. The summed E-state index contributed by atoms with van der Waals surface area (Å²) in [6.45, 7) is 3.39. The predicted molar refractivity (Wildman–Crippen MR) is 74.3 cm³/mol. The van der Waals surface area contributed by atoms with Crippen molar-refractivity contribution in [2.45, 2.75) is 13.3 Å². The van der Waals surface area contributed by atoms with E-state index in [2.05, 4.69) is 15.3 Å². The molecule has 0 bridgehead atoms. The molecule has 0 aliphatic rings. The van der Waals surface area contributed by atoms with Crippen LogP contribution in [0.25, 0.3) is 10.9 Å². The molecule has 0 fully saturated rings. The van der Waals surface area contributed by atoms with Gasteiger partial charge in [-0.3, -0.25) is 0 Å². The van der Waals surface area contributed by atoms with Crippen LogP contribution >= 0.6 is 11.6 Å². The van der Waals surface area contributed by atoms with E-state index in [0.29, 0.717) is 18.2 Å². The number of halogens is 1. The summed E-state index contributed by atoms with van der Waals surface area (Å²) in [4.78, 5) is 8.98. The molecular formula is C13H16ClN3O. The average Bonchev–Trinajstić information content (AvgIpc) is 2.38. The molecule has 0 amide bonds. The summed E-state index contributed by atoms with van der Waals surface area (Å²) in [6.07, 6.45) is 0.793. The lowest BCUT2D eigenvalue weighted by atomic mass is 10.2. The molecule has 2 aromatic rings. The van der Waals surface area contributed by atoms with Crippen molar-refractivity contribution >= 4 is 28.3 Å². The van der Waals surface area contributed by atoms with Crippen molar-refractivity contribution in [3.8, 4) is 0 Å². The molecule has 96 valence electrons. The highest BCUT2D eigenvalue weighted by atomic mass is 35.5. The number of ether oxygens (including phenoxy) is 1. The Morgan fingerprint density at radius 2 is 2.17 bits per heavy atom. The number of aryl methyl sites for hydroxylation is 1. The van der Waals surface area contributed by atoms with E-state index >= 15 is 0 Å². The zero-order valence-electron chi connectivity index (χ0n) is 10.5. The van der Waals surface area contributed by atoms with Crippen LogP contribution in [-0.2, 0) is 11.2 Å². The Labute approximate surface area is 111 Å². The second-order valence-corrected chi connectivity index (χ2v) is 4.36. The Morgan fingerprint density at radius 1 is 1.33 bits per heavy atom. The minimum absolute atomic E-state index is 0.639. The third-order valence-corrected chi connectivity index (χ3v) is 2.86. The van der Waals surface area contributed by atoms with E-state index in [4.69, 9.17) is 16.3 Å². The van der Waals surface area contributed by atoms with Gasteiger partial charge in [-0.1, -0.05) is 18.5 Å². The standard InChI is InChI=1S/C13H16ClN3O/c1-3-12-16-11-8-9(14)4-5-10(11)13(17-12)15-6-7-18-2/h4-5,8H,3,6-7H2,1-2H3,(H,15,16,17). The van der Waals surface area contributed by atoms with Gasteiger partial charge in [-0.05, 0) is 18.2 Å². The molecule has 5 heteroatoms. The Bertz CT molecular complexity index is 545. The van der Waals surface area contributed by atoms with Gasteiger partial charge in [-0.15, -0.1) is 0 Å². The van der Waals surface area contributed by atoms with E-state index < -0.39 is 0 Å². The fraction of sp³-hybridized carbons (Fsp3) is 0.385. The van der Waals surface area contributed by atoms with Crippen LogP contribution in [0.1, 0.15) is 12.7 Å². The van der Waals surface area contributed by atoms with Crippen molar-refractivity contribution in [2.24, 2.45) is 0 Å². The van der Waals surface area contributed by atoms with Gasteiger partial charge in [-0.25, -0.2) is 9.97 Å². The number of hydrogen-bond donors (Lipinski definition) is 1. The largest absolute Gasteiger partial charge is 0.383 e. The number of rotatable bonds is 5. The Hall–Kier alpha value is -1.39. The Morgan fingerprint density at radius 3 is 2.89 bits per heavy atom. The zero-order chi connectivity index (χ0) is 13.0. The van der Waals surface area contributed by atoms with Gasteiger partial charge in [-0.2, -0.15) is 0 Å². The van der Waals surface area contributed by atoms with Crippen LogP contribution < -0.4 is 5.32 Å². The van der Waals surface area contributed by atoms with E-state index in [1.165, 1.54) is 0 Å². The molecular weight excluding hydrogens is 250 g/mol. The molecule has 1 N–H and O–H groups in total. The van der Waals surface area contributed by atoms with Gasteiger partial charge in [0.15, 0.2) is 0 Å². The summed E-state index contributed by atoms with van der Waals surface area (Å²) in [5.41, 5.74) is 0.870. The highest BCUT2D eigenvalue weighted by Crippen LogP contribution is 2.23. The first-order chi connectivity index (χ1) is 8.74. The van der Waals surface area contributed by atoms with E-state index in [1.54, 1.807) is 7.11 Å². The maximum Gasteiger partial charge on any atom is 0.137 e. The van der Waals surface area contributed by atoms with Crippen LogP contribution in [0.5, 0.6) is 0 Å². The molecule has 0 saturated carbocycles. The molecule has 0 spiro atoms. The minimum Gasteiger partial charge on any atom is -0.383 e. The molecule has 0 radical (unpaired) electrons. The second kappa shape index (κ2) is 5.98. The molecule has 4 nitrogen and oxygen atoms in total. The third-order valence-electron chi connectivity index (χ3n) is 2.62. The lowest BCUT2D eigenvalue weighted by molar-refractivity contribution is 0.210. The SMILES string of the molecule is CCc1nc(NCCOC)c2ccc(Cl)cc2n1. The average molecular weight is 266 g/mol. The molecule has 1 aromatic carbocycles. The quantitative estimate of drug-likeness (QED) is 0.845. The molecule has 18 heavy (non-hydrogen) atoms. The molecule has 0 saturated heterocycles. The third kappa shape index (κ3) is 2.89. The first kappa shape index (κ1) is 13.1. The van der Waals surface area contributed by atoms with Crippen molar-refractivity contribution in [1.29, 1.82) is 0 Å². The number of benzene rings is 1. The summed E-state index contributed by atoms with van der Waals surface area (Å²) < 4.78 is 5.02. The van der Waals surface area contributed by atoms with Gasteiger partial charge in [0.2, 0.25) is 0 Å². The van der Waals surface area contributed by atoms with Gasteiger partial charge in [0.1, 0.15) is 11.6 Å². The Kier molecular flexibility index (Phi) is 4.33. The summed E-state index contributed by atoms with van der Waals surface area (Å²) in [5.74, 6) is 1.65. The predicted octanol–water partition coefficient (Wildman–Crippen LogP) is 2.90. The topological polar surface area (TPSA) is 47.0 Å². The summed E-state index contributed by atoms with van der Waals surface area (Å²) in [5, 5.41) is 4.93. The monoisotopic (exact) mass is 265 g/mol. The molecule has 0 aliphatic heterocycles. The lowest BCUT2D eigenvalue weighted by Crippen LogP contribution is -2.10. The van der Waals surface area contributed by atoms with Gasteiger partial charge in [0.05, 0.1) is 12.1 Å². The van der Waals surface area contributed by atoms with Crippen LogP contribution in [0.4, 0.5) is 5.82 Å². The van der Waals surface area contributed by atoms with E-state index in [1.807, 2.05) is 25.1 Å². The van der Waals surface area contributed by atoms with Crippen molar-refractivity contribution in [3.63, 3.8) is 0 Å². The van der Waals surface area contributed by atoms with E-state index in [9.17, 15) is 0 Å². The van der Waals surface area contributed by atoms with Crippen molar-refractivity contribution in [1.82, 2.24) is 9.97 Å². The Balaban J connectivity index is 2.41. The molecule has 0 unspecified atom stereocenters. The van der Waals surface area contributed by atoms with Gasteiger partial charge >= 0.3 is 0 Å². The molecule has 1 heterocycles. The number of fused-ring (bicyclic) bond motifs is 1. The number of nitrogens with zero attached hydrogens (tertiary/aromatic N) is 2. The number of methoxy groups -OCH3 is 1.